The van der Waals surface area contributed by atoms with E-state index < -0.39 is 4.92 Å². The molecule has 1 N–H and O–H groups in total. The number of hydrogen-bond acceptors (Lipinski definition) is 5. The highest BCUT2D eigenvalue weighted by molar-refractivity contribution is 5.79. The van der Waals surface area contributed by atoms with E-state index in [-0.39, 0.29) is 18.2 Å². The number of nitro benzene ring substituents is 1. The van der Waals surface area contributed by atoms with Gasteiger partial charge in [-0.15, -0.1) is 0 Å². The van der Waals surface area contributed by atoms with Crippen LogP contribution < -0.4 is 10.1 Å². The Balaban J connectivity index is 1.55. The first kappa shape index (κ1) is 17.4. The normalized spacial score (nSPS) is 10.7. The Kier molecular flexibility index (Phi) is 5.12. The molecule has 2 aromatic carbocycles. The van der Waals surface area contributed by atoms with Crippen LogP contribution in [-0.2, 0) is 18.3 Å². The van der Waals surface area contributed by atoms with Crippen molar-refractivity contribution in [2.75, 3.05) is 13.2 Å². The molecule has 26 heavy (non-hydrogen) atoms. The van der Waals surface area contributed by atoms with Gasteiger partial charge in [0, 0.05) is 32.1 Å². The largest absolute Gasteiger partial charge is 0.484 e. The first-order valence-corrected chi connectivity index (χ1v) is 8.09. The van der Waals surface area contributed by atoms with Crippen LogP contribution >= 0.6 is 0 Å². The highest BCUT2D eigenvalue weighted by Crippen LogP contribution is 2.21. The third kappa shape index (κ3) is 3.97. The summed E-state index contributed by atoms with van der Waals surface area (Å²) in [5.41, 5.74) is 1.38. The predicted octanol–water partition coefficient (Wildman–Crippen LogP) is 2.22. The number of nitro groups is 1. The number of para-hydroxylation sites is 1. The Bertz CT molecular complexity index is 937. The highest BCUT2D eigenvalue weighted by Gasteiger charge is 2.12. The quantitative estimate of drug-likeness (QED) is 0.518. The van der Waals surface area contributed by atoms with Gasteiger partial charge < -0.3 is 14.6 Å². The second-order valence-corrected chi connectivity index (χ2v) is 5.72. The Morgan fingerprint density at radius 2 is 2.04 bits per heavy atom. The van der Waals surface area contributed by atoms with E-state index in [0.29, 0.717) is 24.2 Å². The maximum absolute atomic E-state index is 11.8. The number of hydrogen-bond donors (Lipinski definition) is 1. The molecular weight excluding hydrogens is 336 g/mol. The van der Waals surface area contributed by atoms with Gasteiger partial charge in [0.2, 0.25) is 0 Å². The summed E-state index contributed by atoms with van der Waals surface area (Å²) < 4.78 is 7.25. The SMILES string of the molecule is Cn1c(CCNC(=O)COc2ccccc2)nc2cc([N+](=O)[O-])ccc21. The van der Waals surface area contributed by atoms with Gasteiger partial charge in [-0.3, -0.25) is 14.9 Å². The fourth-order valence-electron chi connectivity index (χ4n) is 2.61. The molecule has 1 amide bonds. The van der Waals surface area contributed by atoms with Gasteiger partial charge in [-0.1, -0.05) is 18.2 Å². The van der Waals surface area contributed by atoms with Crippen LogP contribution in [0.3, 0.4) is 0 Å². The number of imidazole rings is 1. The average molecular weight is 354 g/mol. The molecule has 3 rings (SSSR count). The van der Waals surface area contributed by atoms with E-state index in [0.717, 1.165) is 11.3 Å². The van der Waals surface area contributed by atoms with Crippen molar-refractivity contribution in [2.45, 2.75) is 6.42 Å². The van der Waals surface area contributed by atoms with Gasteiger partial charge in [0.25, 0.3) is 11.6 Å². The number of aryl methyl sites for hydroxylation is 1. The van der Waals surface area contributed by atoms with Crippen molar-refractivity contribution in [2.24, 2.45) is 7.05 Å². The Morgan fingerprint density at radius 3 is 2.77 bits per heavy atom. The monoisotopic (exact) mass is 354 g/mol. The summed E-state index contributed by atoms with van der Waals surface area (Å²) in [7, 11) is 1.84. The zero-order valence-electron chi connectivity index (χ0n) is 14.2. The summed E-state index contributed by atoms with van der Waals surface area (Å²) >= 11 is 0. The van der Waals surface area contributed by atoms with E-state index in [1.165, 1.54) is 12.1 Å². The van der Waals surface area contributed by atoms with Crippen LogP contribution in [0.5, 0.6) is 5.75 Å². The lowest BCUT2D eigenvalue weighted by atomic mass is 10.3. The number of carbonyl (C=O) groups is 1. The summed E-state index contributed by atoms with van der Waals surface area (Å²) in [6, 6.07) is 13.7. The molecule has 0 unspecified atom stereocenters. The minimum Gasteiger partial charge on any atom is -0.484 e. The smallest absolute Gasteiger partial charge is 0.271 e. The van der Waals surface area contributed by atoms with Crippen molar-refractivity contribution in [1.29, 1.82) is 0 Å². The van der Waals surface area contributed by atoms with Gasteiger partial charge in [-0.25, -0.2) is 4.98 Å². The number of nitrogens with one attached hydrogen (secondary N) is 1. The zero-order valence-corrected chi connectivity index (χ0v) is 14.2. The van der Waals surface area contributed by atoms with Gasteiger partial charge in [-0.2, -0.15) is 0 Å². The third-order valence-corrected chi connectivity index (χ3v) is 3.95. The van der Waals surface area contributed by atoms with E-state index >= 15 is 0 Å². The molecule has 1 heterocycles. The molecule has 0 radical (unpaired) electrons. The molecule has 0 aliphatic heterocycles. The lowest BCUT2D eigenvalue weighted by Gasteiger charge is -2.07. The van der Waals surface area contributed by atoms with Crippen molar-refractivity contribution < 1.29 is 14.5 Å². The van der Waals surface area contributed by atoms with E-state index in [1.54, 1.807) is 18.2 Å². The Hall–Kier alpha value is -3.42. The number of ether oxygens (including phenoxy) is 1. The Morgan fingerprint density at radius 1 is 1.27 bits per heavy atom. The molecule has 134 valence electrons. The maximum atomic E-state index is 11.8. The number of benzene rings is 2. The van der Waals surface area contributed by atoms with Crippen LogP contribution in [0.4, 0.5) is 5.69 Å². The second kappa shape index (κ2) is 7.64. The van der Waals surface area contributed by atoms with Crippen molar-refractivity contribution >= 4 is 22.6 Å². The Labute approximate surface area is 149 Å². The standard InChI is InChI=1S/C18H18N4O4/c1-21-16-8-7-13(22(24)25)11-15(16)20-17(21)9-10-19-18(23)12-26-14-5-3-2-4-6-14/h2-8,11H,9-10,12H2,1H3,(H,19,23). The summed E-state index contributed by atoms with van der Waals surface area (Å²) in [5.74, 6) is 1.16. The summed E-state index contributed by atoms with van der Waals surface area (Å²) in [4.78, 5) is 26.7. The molecule has 0 saturated heterocycles. The fraction of sp³-hybridized carbons (Fsp3) is 0.222. The molecule has 1 aromatic heterocycles. The van der Waals surface area contributed by atoms with E-state index in [9.17, 15) is 14.9 Å². The van der Waals surface area contributed by atoms with Crippen molar-refractivity contribution in [3.05, 3.63) is 64.5 Å². The van der Waals surface area contributed by atoms with E-state index in [1.807, 2.05) is 29.8 Å². The number of nitrogens with zero attached hydrogens (tertiary/aromatic N) is 3. The first-order chi connectivity index (χ1) is 12.5. The molecule has 3 aromatic rings. The van der Waals surface area contributed by atoms with Crippen LogP contribution in [0, 0.1) is 10.1 Å². The minimum atomic E-state index is -0.444. The van der Waals surface area contributed by atoms with E-state index in [2.05, 4.69) is 10.3 Å². The number of rotatable bonds is 7. The van der Waals surface area contributed by atoms with E-state index in [4.69, 9.17) is 4.74 Å². The van der Waals surface area contributed by atoms with Crippen LogP contribution in [0.2, 0.25) is 0 Å². The lowest BCUT2D eigenvalue weighted by Crippen LogP contribution is -2.31. The molecular formula is C18H18N4O4. The first-order valence-electron chi connectivity index (χ1n) is 8.09. The molecule has 0 fully saturated rings. The summed E-state index contributed by atoms with van der Waals surface area (Å²) in [6.07, 6.45) is 0.510. The number of carbonyl (C=O) groups excluding carboxylic acids is 1. The third-order valence-electron chi connectivity index (χ3n) is 3.95. The van der Waals surface area contributed by atoms with Crippen LogP contribution in [0.1, 0.15) is 5.82 Å². The fourth-order valence-corrected chi connectivity index (χ4v) is 2.61. The lowest BCUT2D eigenvalue weighted by molar-refractivity contribution is -0.384. The minimum absolute atomic E-state index is 0.00788. The number of fused-ring (bicyclic) bond motifs is 1. The van der Waals surface area contributed by atoms with Gasteiger partial charge in [0.05, 0.1) is 16.0 Å². The molecule has 0 aliphatic carbocycles. The molecule has 0 saturated carbocycles. The second-order valence-electron chi connectivity index (χ2n) is 5.72. The summed E-state index contributed by atoms with van der Waals surface area (Å²) in [5, 5.41) is 13.6. The molecule has 0 bridgehead atoms. The number of aromatic nitrogens is 2. The summed E-state index contributed by atoms with van der Waals surface area (Å²) in [6.45, 7) is 0.342. The topological polar surface area (TPSA) is 99.3 Å². The number of non-ortho nitro benzene ring substituents is 1. The molecule has 8 nitrogen and oxygen atoms in total. The van der Waals surface area contributed by atoms with Crippen LogP contribution in [0.25, 0.3) is 11.0 Å². The molecule has 0 atom stereocenters. The van der Waals surface area contributed by atoms with Crippen LogP contribution in [0.15, 0.2) is 48.5 Å². The van der Waals surface area contributed by atoms with Gasteiger partial charge in [-0.05, 0) is 18.2 Å². The average Bonchev–Trinajstić information content (AvgIpc) is 2.96. The van der Waals surface area contributed by atoms with Crippen molar-refractivity contribution in [3.63, 3.8) is 0 Å². The van der Waals surface area contributed by atoms with Gasteiger partial charge in [0.15, 0.2) is 6.61 Å². The molecule has 0 spiro atoms. The zero-order chi connectivity index (χ0) is 18.5. The van der Waals surface area contributed by atoms with Gasteiger partial charge in [0.1, 0.15) is 11.6 Å². The maximum Gasteiger partial charge on any atom is 0.271 e. The van der Waals surface area contributed by atoms with Gasteiger partial charge >= 0.3 is 0 Å². The molecule has 8 heteroatoms. The predicted molar refractivity (Wildman–Crippen MR) is 96.0 cm³/mol. The van der Waals surface area contributed by atoms with Crippen LogP contribution in [-0.4, -0.2) is 33.5 Å². The van der Waals surface area contributed by atoms with Crippen molar-refractivity contribution in [3.8, 4) is 5.75 Å². The molecule has 0 aliphatic rings. The van der Waals surface area contributed by atoms with Crippen molar-refractivity contribution in [1.82, 2.24) is 14.9 Å². The number of amides is 1. The highest BCUT2D eigenvalue weighted by atomic mass is 16.6.